The Labute approximate surface area is 203 Å². The number of aliphatic imine (C=N–C) groups is 1. The SMILES string of the molecule is CC(C)CC(NC(=O)C(CCCN=C(N)N)NC(=O)C(Cc1cnc[nH]1)NC(=O)C(C)N)C(=O)O. The number of aromatic nitrogens is 2. The summed E-state index contributed by atoms with van der Waals surface area (Å²) in [6, 6.07) is -4.15. The van der Waals surface area contributed by atoms with Gasteiger partial charge < -0.3 is 43.2 Å². The van der Waals surface area contributed by atoms with Gasteiger partial charge in [-0.3, -0.25) is 19.4 Å². The number of imidazole rings is 1. The van der Waals surface area contributed by atoms with Gasteiger partial charge in [-0.15, -0.1) is 0 Å². The zero-order valence-corrected chi connectivity index (χ0v) is 20.3. The number of carbonyl (C=O) groups is 4. The van der Waals surface area contributed by atoms with E-state index < -0.39 is 47.9 Å². The van der Waals surface area contributed by atoms with Crippen molar-refractivity contribution in [3.8, 4) is 0 Å². The Kier molecular flexibility index (Phi) is 12.2. The number of nitrogens with zero attached hydrogens (tertiary/aromatic N) is 2. The number of guanidine groups is 1. The molecule has 0 saturated carbocycles. The number of hydrogen-bond donors (Lipinski definition) is 8. The van der Waals surface area contributed by atoms with Crippen molar-refractivity contribution < 1.29 is 24.3 Å². The van der Waals surface area contributed by atoms with Gasteiger partial charge in [0.2, 0.25) is 17.7 Å². The van der Waals surface area contributed by atoms with Crippen LogP contribution in [0.1, 0.15) is 45.7 Å². The van der Waals surface area contributed by atoms with Crippen molar-refractivity contribution in [3.05, 3.63) is 18.2 Å². The molecule has 1 rings (SSSR count). The molecule has 0 saturated heterocycles. The first-order chi connectivity index (χ1) is 16.4. The lowest BCUT2D eigenvalue weighted by Crippen LogP contribution is -2.57. The van der Waals surface area contributed by atoms with Crippen LogP contribution in [0, 0.1) is 5.92 Å². The van der Waals surface area contributed by atoms with Gasteiger partial charge in [-0.1, -0.05) is 13.8 Å². The highest BCUT2D eigenvalue weighted by Gasteiger charge is 2.30. The van der Waals surface area contributed by atoms with E-state index in [0.29, 0.717) is 12.1 Å². The molecular formula is C21H37N9O5. The third kappa shape index (κ3) is 11.3. The predicted octanol–water partition coefficient (Wildman–Crippen LogP) is -2.06. The topological polar surface area (TPSA) is 244 Å². The van der Waals surface area contributed by atoms with Crippen LogP contribution in [0.3, 0.4) is 0 Å². The van der Waals surface area contributed by atoms with Crippen LogP contribution in [-0.4, -0.2) is 75.4 Å². The number of aromatic amines is 1. The number of nitrogens with two attached hydrogens (primary N) is 3. The second-order valence-corrected chi connectivity index (χ2v) is 8.67. The molecule has 1 aromatic heterocycles. The molecule has 1 heterocycles. The fourth-order valence-electron chi connectivity index (χ4n) is 3.14. The van der Waals surface area contributed by atoms with Crippen LogP contribution < -0.4 is 33.2 Å². The van der Waals surface area contributed by atoms with Crippen LogP contribution in [0.15, 0.2) is 17.5 Å². The summed E-state index contributed by atoms with van der Waals surface area (Å²) in [4.78, 5) is 60.5. The molecule has 0 bridgehead atoms. The van der Waals surface area contributed by atoms with E-state index in [9.17, 15) is 24.3 Å². The molecule has 0 aromatic carbocycles. The Balaban J connectivity index is 3.05. The summed E-state index contributed by atoms with van der Waals surface area (Å²) in [7, 11) is 0. The number of carboxylic acid groups (broad SMARTS) is 1. The zero-order valence-electron chi connectivity index (χ0n) is 20.3. The lowest BCUT2D eigenvalue weighted by molar-refractivity contribution is -0.142. The molecule has 0 spiro atoms. The van der Waals surface area contributed by atoms with Crippen molar-refractivity contribution >= 4 is 29.7 Å². The number of hydrogen-bond acceptors (Lipinski definition) is 7. The summed E-state index contributed by atoms with van der Waals surface area (Å²) < 4.78 is 0. The molecule has 0 radical (unpaired) electrons. The number of aliphatic carboxylic acids is 1. The van der Waals surface area contributed by atoms with Gasteiger partial charge in [0.1, 0.15) is 18.1 Å². The minimum Gasteiger partial charge on any atom is -0.480 e. The molecule has 4 unspecified atom stereocenters. The lowest BCUT2D eigenvalue weighted by atomic mass is 10.0. The lowest BCUT2D eigenvalue weighted by Gasteiger charge is -2.25. The van der Waals surface area contributed by atoms with E-state index in [1.54, 1.807) is 0 Å². The van der Waals surface area contributed by atoms with Crippen molar-refractivity contribution in [2.75, 3.05) is 6.54 Å². The molecule has 196 valence electrons. The Hall–Kier alpha value is -3.68. The fourth-order valence-corrected chi connectivity index (χ4v) is 3.14. The Morgan fingerprint density at radius 2 is 1.63 bits per heavy atom. The van der Waals surface area contributed by atoms with Crippen molar-refractivity contribution in [2.45, 2.75) is 70.6 Å². The average molecular weight is 496 g/mol. The number of H-pyrrole nitrogens is 1. The highest BCUT2D eigenvalue weighted by molar-refractivity contribution is 5.94. The first kappa shape index (κ1) is 29.4. The minimum atomic E-state index is -1.18. The van der Waals surface area contributed by atoms with Crippen LogP contribution in [0.5, 0.6) is 0 Å². The maximum absolute atomic E-state index is 13.1. The van der Waals surface area contributed by atoms with Crippen molar-refractivity contribution in [1.82, 2.24) is 25.9 Å². The van der Waals surface area contributed by atoms with E-state index >= 15 is 0 Å². The summed E-state index contributed by atoms with van der Waals surface area (Å²) >= 11 is 0. The number of nitrogens with one attached hydrogen (secondary N) is 4. The van der Waals surface area contributed by atoms with Crippen LogP contribution >= 0.6 is 0 Å². The molecule has 35 heavy (non-hydrogen) atoms. The largest absolute Gasteiger partial charge is 0.480 e. The maximum Gasteiger partial charge on any atom is 0.326 e. The third-order valence-electron chi connectivity index (χ3n) is 4.93. The molecule has 14 nitrogen and oxygen atoms in total. The van der Waals surface area contributed by atoms with Gasteiger partial charge in [0.05, 0.1) is 12.4 Å². The number of rotatable bonds is 15. The van der Waals surface area contributed by atoms with E-state index in [4.69, 9.17) is 17.2 Å². The van der Waals surface area contributed by atoms with Crippen LogP contribution in [0.25, 0.3) is 0 Å². The molecular weight excluding hydrogens is 458 g/mol. The third-order valence-corrected chi connectivity index (χ3v) is 4.93. The van der Waals surface area contributed by atoms with Crippen molar-refractivity contribution in [2.24, 2.45) is 28.1 Å². The molecule has 3 amide bonds. The molecule has 1 aromatic rings. The minimum absolute atomic E-state index is 0.0126. The molecule has 11 N–H and O–H groups in total. The Bertz CT molecular complexity index is 867. The van der Waals surface area contributed by atoms with Crippen molar-refractivity contribution in [1.29, 1.82) is 0 Å². The van der Waals surface area contributed by atoms with Gasteiger partial charge in [0.25, 0.3) is 0 Å². The van der Waals surface area contributed by atoms with Gasteiger partial charge in [-0.05, 0) is 32.1 Å². The smallest absolute Gasteiger partial charge is 0.326 e. The summed E-state index contributed by atoms with van der Waals surface area (Å²) in [5.41, 5.74) is 16.8. The van der Waals surface area contributed by atoms with Gasteiger partial charge in [0.15, 0.2) is 5.96 Å². The Morgan fingerprint density at radius 1 is 1.03 bits per heavy atom. The number of carbonyl (C=O) groups excluding carboxylic acids is 3. The first-order valence-corrected chi connectivity index (χ1v) is 11.3. The molecule has 0 aliphatic carbocycles. The van der Waals surface area contributed by atoms with Gasteiger partial charge in [-0.25, -0.2) is 9.78 Å². The maximum atomic E-state index is 13.1. The first-order valence-electron chi connectivity index (χ1n) is 11.3. The second kappa shape index (κ2) is 14.6. The second-order valence-electron chi connectivity index (χ2n) is 8.67. The standard InChI is InChI=1S/C21H37N9O5/c1-11(2)7-16(20(34)35)30-18(32)14(5-4-6-26-21(23)24)28-19(33)15(29-17(31)12(3)22)8-13-9-25-10-27-13/h9-12,14-16H,4-8,22H2,1-3H3,(H,25,27)(H,28,33)(H,29,31)(H,30,32)(H,34,35)(H4,23,24,26). The number of amides is 3. The van der Waals surface area contributed by atoms with E-state index in [1.165, 1.54) is 19.4 Å². The predicted molar refractivity (Wildman–Crippen MR) is 129 cm³/mol. The number of carboxylic acids is 1. The highest BCUT2D eigenvalue weighted by Crippen LogP contribution is 2.08. The van der Waals surface area contributed by atoms with Crippen LogP contribution in [-0.2, 0) is 25.6 Å². The normalized spacial score (nSPS) is 14.3. The molecule has 14 heteroatoms. The van der Waals surface area contributed by atoms with E-state index in [2.05, 4.69) is 30.9 Å². The summed E-state index contributed by atoms with van der Waals surface area (Å²) in [5.74, 6) is -3.16. The molecule has 0 aliphatic heterocycles. The summed E-state index contributed by atoms with van der Waals surface area (Å²) in [6.07, 6.45) is 3.66. The van der Waals surface area contributed by atoms with Crippen LogP contribution in [0.2, 0.25) is 0 Å². The quantitative estimate of drug-likeness (QED) is 0.0756. The van der Waals surface area contributed by atoms with E-state index in [0.717, 1.165) is 0 Å². The molecule has 0 aliphatic rings. The van der Waals surface area contributed by atoms with Gasteiger partial charge in [-0.2, -0.15) is 0 Å². The summed E-state index contributed by atoms with van der Waals surface area (Å²) in [5, 5.41) is 17.1. The molecule has 0 fully saturated rings. The average Bonchev–Trinajstić information content (AvgIpc) is 3.27. The van der Waals surface area contributed by atoms with E-state index in [-0.39, 0.29) is 37.7 Å². The van der Waals surface area contributed by atoms with Crippen LogP contribution in [0.4, 0.5) is 0 Å². The monoisotopic (exact) mass is 495 g/mol. The van der Waals surface area contributed by atoms with E-state index in [1.807, 2.05) is 13.8 Å². The van der Waals surface area contributed by atoms with Gasteiger partial charge >= 0.3 is 5.97 Å². The van der Waals surface area contributed by atoms with Gasteiger partial charge in [0, 0.05) is 24.9 Å². The highest BCUT2D eigenvalue weighted by atomic mass is 16.4. The zero-order chi connectivity index (χ0) is 26.5. The fraction of sp³-hybridized carbons (Fsp3) is 0.619. The molecule has 4 atom stereocenters. The van der Waals surface area contributed by atoms with Crippen molar-refractivity contribution in [3.63, 3.8) is 0 Å². The summed E-state index contributed by atoms with van der Waals surface area (Å²) in [6.45, 7) is 5.34. The Morgan fingerprint density at radius 3 is 2.14 bits per heavy atom.